The van der Waals surface area contributed by atoms with Gasteiger partial charge in [0.2, 0.25) is 5.91 Å². The van der Waals surface area contributed by atoms with E-state index in [-0.39, 0.29) is 12.5 Å². The fourth-order valence-corrected chi connectivity index (χ4v) is 1.79. The summed E-state index contributed by atoms with van der Waals surface area (Å²) in [6.07, 6.45) is 1.86. The third-order valence-corrected chi connectivity index (χ3v) is 2.79. The van der Waals surface area contributed by atoms with Gasteiger partial charge in [0.1, 0.15) is 0 Å². The second-order valence-corrected chi connectivity index (χ2v) is 4.57. The molecule has 0 atom stereocenters. The van der Waals surface area contributed by atoms with Crippen LogP contribution in [0.15, 0.2) is 30.5 Å². The number of rotatable bonds is 4. The molecular weight excluding hydrogens is 240 g/mol. The quantitative estimate of drug-likeness (QED) is 0.882. The Bertz CT molecular complexity index is 572. The molecule has 0 spiro atoms. The first-order valence-corrected chi connectivity index (χ1v) is 6.15. The van der Waals surface area contributed by atoms with Gasteiger partial charge in [-0.1, -0.05) is 17.7 Å². The number of aromatic nitrogens is 2. The van der Waals surface area contributed by atoms with Crippen LogP contribution in [0.4, 0.5) is 11.4 Å². The van der Waals surface area contributed by atoms with E-state index in [4.69, 9.17) is 0 Å². The van der Waals surface area contributed by atoms with E-state index in [1.54, 1.807) is 4.68 Å². The average molecular weight is 258 g/mol. The van der Waals surface area contributed by atoms with Gasteiger partial charge < -0.3 is 10.6 Å². The normalized spacial score (nSPS) is 10.3. The van der Waals surface area contributed by atoms with Crippen LogP contribution in [0.5, 0.6) is 0 Å². The highest BCUT2D eigenvalue weighted by Gasteiger charge is 2.05. The summed E-state index contributed by atoms with van der Waals surface area (Å²) >= 11 is 0. The van der Waals surface area contributed by atoms with Crippen molar-refractivity contribution in [3.8, 4) is 0 Å². The molecule has 2 N–H and O–H groups in total. The Labute approximate surface area is 112 Å². The van der Waals surface area contributed by atoms with Gasteiger partial charge in [0.25, 0.3) is 0 Å². The number of benzene rings is 1. The number of aryl methyl sites for hydroxylation is 3. The molecule has 0 saturated carbocycles. The third-order valence-electron chi connectivity index (χ3n) is 2.79. The van der Waals surface area contributed by atoms with Crippen molar-refractivity contribution in [2.75, 3.05) is 17.2 Å². The van der Waals surface area contributed by atoms with Gasteiger partial charge >= 0.3 is 0 Å². The minimum atomic E-state index is -0.0768. The molecule has 100 valence electrons. The van der Waals surface area contributed by atoms with Gasteiger partial charge in [-0.05, 0) is 26.0 Å². The molecule has 0 saturated heterocycles. The minimum absolute atomic E-state index is 0.0768. The summed E-state index contributed by atoms with van der Waals surface area (Å²) in [4.78, 5) is 11.8. The predicted octanol–water partition coefficient (Wildman–Crippen LogP) is 2.09. The highest BCUT2D eigenvalue weighted by atomic mass is 16.1. The molecule has 5 heteroatoms. The number of amides is 1. The summed E-state index contributed by atoms with van der Waals surface area (Å²) in [6.45, 7) is 4.14. The van der Waals surface area contributed by atoms with Crippen molar-refractivity contribution < 1.29 is 4.79 Å². The Morgan fingerprint density at radius 1 is 1.26 bits per heavy atom. The molecule has 0 radical (unpaired) electrons. The van der Waals surface area contributed by atoms with Gasteiger partial charge in [0.05, 0.1) is 17.9 Å². The van der Waals surface area contributed by atoms with E-state index >= 15 is 0 Å². The number of carbonyl (C=O) groups excluding carboxylic acids is 1. The van der Waals surface area contributed by atoms with Crippen molar-refractivity contribution in [2.45, 2.75) is 13.8 Å². The maximum absolute atomic E-state index is 11.8. The molecule has 0 aliphatic rings. The molecule has 0 aliphatic heterocycles. The number of carbonyl (C=O) groups is 1. The minimum Gasteiger partial charge on any atom is -0.373 e. The molecule has 5 nitrogen and oxygen atoms in total. The lowest BCUT2D eigenvalue weighted by Crippen LogP contribution is -2.21. The molecular formula is C14H18N4O. The first kappa shape index (κ1) is 13.1. The van der Waals surface area contributed by atoms with Crippen molar-refractivity contribution in [3.63, 3.8) is 0 Å². The van der Waals surface area contributed by atoms with Gasteiger partial charge in [-0.15, -0.1) is 0 Å². The summed E-state index contributed by atoms with van der Waals surface area (Å²) in [7, 11) is 1.85. The lowest BCUT2D eigenvalue weighted by Gasteiger charge is -2.07. The highest BCUT2D eigenvalue weighted by molar-refractivity contribution is 5.93. The molecule has 1 aromatic carbocycles. The number of hydrogen-bond donors (Lipinski definition) is 2. The van der Waals surface area contributed by atoms with Crippen LogP contribution in [0.1, 0.15) is 11.3 Å². The molecule has 19 heavy (non-hydrogen) atoms. The third kappa shape index (κ3) is 3.58. The summed E-state index contributed by atoms with van der Waals surface area (Å²) in [5.41, 5.74) is 3.73. The topological polar surface area (TPSA) is 59.0 Å². The molecule has 1 amide bonds. The monoisotopic (exact) mass is 258 g/mol. The van der Waals surface area contributed by atoms with Gasteiger partial charge in [0, 0.05) is 18.9 Å². The first-order chi connectivity index (χ1) is 9.04. The van der Waals surface area contributed by atoms with Gasteiger partial charge in [-0.3, -0.25) is 9.48 Å². The summed E-state index contributed by atoms with van der Waals surface area (Å²) < 4.78 is 1.72. The zero-order valence-electron chi connectivity index (χ0n) is 11.4. The zero-order valence-corrected chi connectivity index (χ0v) is 11.4. The Hall–Kier alpha value is -2.30. The molecule has 0 unspecified atom stereocenters. The maximum Gasteiger partial charge on any atom is 0.243 e. The zero-order chi connectivity index (χ0) is 13.8. The van der Waals surface area contributed by atoms with Gasteiger partial charge in [-0.25, -0.2) is 0 Å². The molecule has 2 rings (SSSR count). The molecule has 1 aromatic heterocycles. The Morgan fingerprint density at radius 3 is 2.53 bits per heavy atom. The van der Waals surface area contributed by atoms with Crippen LogP contribution in [-0.4, -0.2) is 22.2 Å². The largest absolute Gasteiger partial charge is 0.373 e. The lowest BCUT2D eigenvalue weighted by molar-refractivity contribution is -0.114. The van der Waals surface area contributed by atoms with Crippen molar-refractivity contribution in [1.29, 1.82) is 0 Å². The van der Waals surface area contributed by atoms with E-state index < -0.39 is 0 Å². The lowest BCUT2D eigenvalue weighted by atomic mass is 10.2. The van der Waals surface area contributed by atoms with Crippen LogP contribution in [0, 0.1) is 13.8 Å². The highest BCUT2D eigenvalue weighted by Crippen LogP contribution is 2.11. The summed E-state index contributed by atoms with van der Waals surface area (Å²) in [6, 6.07) is 7.72. The van der Waals surface area contributed by atoms with Crippen LogP contribution >= 0.6 is 0 Å². The fraction of sp³-hybridized carbons (Fsp3) is 0.286. The number of anilines is 2. The van der Waals surface area contributed by atoms with E-state index in [1.165, 1.54) is 5.56 Å². The molecule has 0 aliphatic carbocycles. The average Bonchev–Trinajstić information content (AvgIpc) is 2.68. The van der Waals surface area contributed by atoms with Crippen LogP contribution in [0.3, 0.4) is 0 Å². The molecule has 2 aromatic rings. The SMILES string of the molecule is Cc1ccc(NC(=O)CNc2cn(C)nc2C)cc1. The summed E-state index contributed by atoms with van der Waals surface area (Å²) in [5, 5.41) is 10.1. The van der Waals surface area contributed by atoms with Crippen LogP contribution in [0.25, 0.3) is 0 Å². The van der Waals surface area contributed by atoms with Crippen molar-refractivity contribution >= 4 is 17.3 Å². The van der Waals surface area contributed by atoms with E-state index in [0.29, 0.717) is 0 Å². The Morgan fingerprint density at radius 2 is 1.95 bits per heavy atom. The van der Waals surface area contributed by atoms with Gasteiger partial charge in [0.15, 0.2) is 0 Å². The van der Waals surface area contributed by atoms with Crippen LogP contribution < -0.4 is 10.6 Å². The summed E-state index contributed by atoms with van der Waals surface area (Å²) in [5.74, 6) is -0.0768. The number of nitrogens with one attached hydrogen (secondary N) is 2. The van der Waals surface area contributed by atoms with E-state index in [1.807, 2.05) is 51.4 Å². The maximum atomic E-state index is 11.8. The van der Waals surface area contributed by atoms with Crippen molar-refractivity contribution in [3.05, 3.63) is 41.7 Å². The Kier molecular flexibility index (Phi) is 3.85. The molecule has 1 heterocycles. The smallest absolute Gasteiger partial charge is 0.243 e. The van der Waals surface area contributed by atoms with Crippen molar-refractivity contribution in [2.24, 2.45) is 7.05 Å². The Balaban J connectivity index is 1.88. The standard InChI is InChI=1S/C14H18N4O/c1-10-4-6-12(7-5-10)16-14(19)8-15-13-9-18(3)17-11(13)2/h4-7,9,15H,8H2,1-3H3,(H,16,19). The second-order valence-electron chi connectivity index (χ2n) is 4.57. The van der Waals surface area contributed by atoms with E-state index in [0.717, 1.165) is 17.1 Å². The predicted molar refractivity (Wildman–Crippen MR) is 76.2 cm³/mol. The van der Waals surface area contributed by atoms with Crippen molar-refractivity contribution in [1.82, 2.24) is 9.78 Å². The van der Waals surface area contributed by atoms with Crippen LogP contribution in [-0.2, 0) is 11.8 Å². The molecule has 0 bridgehead atoms. The molecule has 0 fully saturated rings. The van der Waals surface area contributed by atoms with Crippen LogP contribution in [0.2, 0.25) is 0 Å². The fourth-order valence-electron chi connectivity index (χ4n) is 1.79. The van der Waals surface area contributed by atoms with E-state index in [9.17, 15) is 4.79 Å². The first-order valence-electron chi connectivity index (χ1n) is 6.15. The second kappa shape index (κ2) is 5.56. The number of hydrogen-bond acceptors (Lipinski definition) is 3. The van der Waals surface area contributed by atoms with E-state index in [2.05, 4.69) is 15.7 Å². The van der Waals surface area contributed by atoms with Gasteiger partial charge in [-0.2, -0.15) is 5.10 Å². The number of nitrogens with zero attached hydrogens (tertiary/aromatic N) is 2.